The number of rotatable bonds is 4. The Bertz CT molecular complexity index is 346. The number of para-hydroxylation sites is 1. The quantitative estimate of drug-likeness (QED) is 0.794. The maximum atomic E-state index is 9.12. The van der Waals surface area contributed by atoms with Gasteiger partial charge in [0.1, 0.15) is 0 Å². The standard InChI is InChI=1S/C12H17ClN2O/c13-10-5-2-6-11(14)12(10)15(7-8-16)9-3-1-4-9/h2,5-6,9,16H,1,3-4,7-8,14H2. The first kappa shape index (κ1) is 11.6. The lowest BCUT2D eigenvalue weighted by Crippen LogP contribution is -2.42. The van der Waals surface area contributed by atoms with Gasteiger partial charge in [0.15, 0.2) is 0 Å². The molecule has 1 aliphatic rings. The molecule has 0 bridgehead atoms. The topological polar surface area (TPSA) is 49.5 Å². The second-order valence-electron chi connectivity index (χ2n) is 4.18. The average molecular weight is 241 g/mol. The normalized spacial score (nSPS) is 15.9. The van der Waals surface area contributed by atoms with Gasteiger partial charge in [-0.1, -0.05) is 17.7 Å². The van der Waals surface area contributed by atoms with E-state index in [4.69, 9.17) is 22.4 Å². The number of halogens is 1. The minimum Gasteiger partial charge on any atom is -0.397 e. The summed E-state index contributed by atoms with van der Waals surface area (Å²) in [7, 11) is 0. The molecule has 0 heterocycles. The van der Waals surface area contributed by atoms with E-state index in [-0.39, 0.29) is 6.61 Å². The van der Waals surface area contributed by atoms with Crippen LogP contribution in [0.15, 0.2) is 18.2 Å². The summed E-state index contributed by atoms with van der Waals surface area (Å²) >= 11 is 6.18. The number of benzene rings is 1. The Labute approximate surface area is 101 Å². The van der Waals surface area contributed by atoms with Gasteiger partial charge in [-0.3, -0.25) is 0 Å². The molecule has 0 atom stereocenters. The van der Waals surface area contributed by atoms with E-state index in [1.54, 1.807) is 0 Å². The molecule has 0 aliphatic heterocycles. The summed E-state index contributed by atoms with van der Waals surface area (Å²) in [6.45, 7) is 0.722. The van der Waals surface area contributed by atoms with Gasteiger partial charge in [0, 0.05) is 12.6 Å². The van der Waals surface area contributed by atoms with Crippen molar-refractivity contribution < 1.29 is 5.11 Å². The Morgan fingerprint density at radius 3 is 2.69 bits per heavy atom. The molecule has 0 amide bonds. The number of aliphatic hydroxyl groups excluding tert-OH is 1. The first-order valence-corrected chi connectivity index (χ1v) is 6.03. The summed E-state index contributed by atoms with van der Waals surface area (Å²) in [5.41, 5.74) is 7.53. The van der Waals surface area contributed by atoms with Crippen LogP contribution in [0.5, 0.6) is 0 Å². The summed E-state index contributed by atoms with van der Waals surface area (Å²) in [5, 5.41) is 9.79. The molecule has 0 unspecified atom stereocenters. The van der Waals surface area contributed by atoms with Gasteiger partial charge in [0.25, 0.3) is 0 Å². The van der Waals surface area contributed by atoms with Crippen molar-refractivity contribution in [1.82, 2.24) is 0 Å². The SMILES string of the molecule is Nc1cccc(Cl)c1N(CCO)C1CCC1. The summed E-state index contributed by atoms with van der Waals surface area (Å²) < 4.78 is 0. The fourth-order valence-corrected chi connectivity index (χ4v) is 2.41. The number of hydrogen-bond acceptors (Lipinski definition) is 3. The van der Waals surface area contributed by atoms with Gasteiger partial charge in [-0.2, -0.15) is 0 Å². The van der Waals surface area contributed by atoms with E-state index >= 15 is 0 Å². The van der Waals surface area contributed by atoms with Crippen molar-refractivity contribution in [2.75, 3.05) is 23.8 Å². The molecule has 1 aliphatic carbocycles. The fraction of sp³-hybridized carbons (Fsp3) is 0.500. The molecule has 16 heavy (non-hydrogen) atoms. The van der Waals surface area contributed by atoms with Gasteiger partial charge in [0.05, 0.1) is 23.0 Å². The van der Waals surface area contributed by atoms with E-state index in [1.807, 2.05) is 18.2 Å². The number of nitrogens with two attached hydrogens (primary N) is 1. The van der Waals surface area contributed by atoms with E-state index in [0.717, 1.165) is 18.5 Å². The highest BCUT2D eigenvalue weighted by Crippen LogP contribution is 2.37. The Morgan fingerprint density at radius 1 is 1.44 bits per heavy atom. The first-order valence-electron chi connectivity index (χ1n) is 5.65. The molecule has 0 aromatic heterocycles. The third-order valence-electron chi connectivity index (χ3n) is 3.16. The van der Waals surface area contributed by atoms with Crippen molar-refractivity contribution in [2.24, 2.45) is 0 Å². The highest BCUT2D eigenvalue weighted by molar-refractivity contribution is 6.34. The summed E-state index contributed by atoms with van der Waals surface area (Å²) in [6, 6.07) is 6.02. The third-order valence-corrected chi connectivity index (χ3v) is 3.47. The largest absolute Gasteiger partial charge is 0.397 e. The molecular weight excluding hydrogens is 224 g/mol. The molecule has 88 valence electrons. The van der Waals surface area contributed by atoms with Crippen molar-refractivity contribution in [3.8, 4) is 0 Å². The molecule has 3 N–H and O–H groups in total. The Balaban J connectivity index is 2.29. The number of anilines is 2. The van der Waals surface area contributed by atoms with Crippen LogP contribution in [0.4, 0.5) is 11.4 Å². The summed E-state index contributed by atoms with van der Waals surface area (Å²) in [6.07, 6.45) is 3.56. The van der Waals surface area contributed by atoms with E-state index in [0.29, 0.717) is 23.3 Å². The minimum absolute atomic E-state index is 0.126. The second kappa shape index (κ2) is 4.93. The Kier molecular flexibility index (Phi) is 3.56. The van der Waals surface area contributed by atoms with E-state index in [9.17, 15) is 0 Å². The summed E-state index contributed by atoms with van der Waals surface area (Å²) in [5.74, 6) is 0. The Morgan fingerprint density at radius 2 is 2.19 bits per heavy atom. The molecule has 1 aromatic carbocycles. The van der Waals surface area contributed by atoms with E-state index < -0.39 is 0 Å². The first-order chi connectivity index (χ1) is 7.74. The van der Waals surface area contributed by atoms with Crippen LogP contribution in [-0.4, -0.2) is 24.3 Å². The van der Waals surface area contributed by atoms with Crippen LogP contribution in [0.3, 0.4) is 0 Å². The highest BCUT2D eigenvalue weighted by atomic mass is 35.5. The maximum absolute atomic E-state index is 9.12. The zero-order valence-electron chi connectivity index (χ0n) is 9.19. The van der Waals surface area contributed by atoms with Crippen LogP contribution in [0, 0.1) is 0 Å². The van der Waals surface area contributed by atoms with Crippen LogP contribution < -0.4 is 10.6 Å². The molecule has 1 aromatic rings. The molecule has 0 saturated heterocycles. The minimum atomic E-state index is 0.126. The maximum Gasteiger partial charge on any atom is 0.0792 e. The number of nitrogens with zero attached hydrogens (tertiary/aromatic N) is 1. The Hall–Kier alpha value is -0.930. The van der Waals surface area contributed by atoms with Crippen LogP contribution in [0.25, 0.3) is 0 Å². The number of aliphatic hydroxyl groups is 1. The number of nitrogen functional groups attached to an aromatic ring is 1. The molecule has 2 rings (SSSR count). The van der Waals surface area contributed by atoms with Gasteiger partial charge >= 0.3 is 0 Å². The van der Waals surface area contributed by atoms with Crippen molar-refractivity contribution in [3.05, 3.63) is 23.2 Å². The third kappa shape index (κ3) is 2.11. The summed E-state index contributed by atoms with van der Waals surface area (Å²) in [4.78, 5) is 2.14. The van der Waals surface area contributed by atoms with Gasteiger partial charge in [0.2, 0.25) is 0 Å². The smallest absolute Gasteiger partial charge is 0.0792 e. The molecule has 4 heteroatoms. The van der Waals surface area contributed by atoms with Crippen LogP contribution in [-0.2, 0) is 0 Å². The molecule has 1 fully saturated rings. The molecular formula is C12H17ClN2O. The van der Waals surface area contributed by atoms with Crippen molar-refractivity contribution in [1.29, 1.82) is 0 Å². The van der Waals surface area contributed by atoms with Gasteiger partial charge < -0.3 is 15.7 Å². The average Bonchev–Trinajstić information content (AvgIpc) is 2.14. The predicted octanol–water partition coefficient (Wildman–Crippen LogP) is 2.27. The molecule has 0 spiro atoms. The highest BCUT2D eigenvalue weighted by Gasteiger charge is 2.27. The second-order valence-corrected chi connectivity index (χ2v) is 4.59. The molecule has 3 nitrogen and oxygen atoms in total. The van der Waals surface area contributed by atoms with Crippen LogP contribution in [0.2, 0.25) is 5.02 Å². The molecule has 1 saturated carbocycles. The van der Waals surface area contributed by atoms with E-state index in [2.05, 4.69) is 4.90 Å². The van der Waals surface area contributed by atoms with Crippen LogP contribution in [0.1, 0.15) is 19.3 Å². The van der Waals surface area contributed by atoms with Gasteiger partial charge in [-0.15, -0.1) is 0 Å². The number of hydrogen-bond donors (Lipinski definition) is 2. The van der Waals surface area contributed by atoms with Crippen molar-refractivity contribution >= 4 is 23.0 Å². The predicted molar refractivity (Wildman–Crippen MR) is 67.9 cm³/mol. The zero-order valence-corrected chi connectivity index (χ0v) is 9.95. The lowest BCUT2D eigenvalue weighted by molar-refractivity contribution is 0.284. The monoisotopic (exact) mass is 240 g/mol. The van der Waals surface area contributed by atoms with E-state index in [1.165, 1.54) is 6.42 Å². The van der Waals surface area contributed by atoms with Crippen molar-refractivity contribution in [3.63, 3.8) is 0 Å². The fourth-order valence-electron chi connectivity index (χ4n) is 2.12. The van der Waals surface area contributed by atoms with Crippen molar-refractivity contribution in [2.45, 2.75) is 25.3 Å². The van der Waals surface area contributed by atoms with Gasteiger partial charge in [-0.25, -0.2) is 0 Å². The molecule has 0 radical (unpaired) electrons. The lowest BCUT2D eigenvalue weighted by Gasteiger charge is -2.39. The zero-order chi connectivity index (χ0) is 11.5. The van der Waals surface area contributed by atoms with Gasteiger partial charge in [-0.05, 0) is 31.4 Å². The lowest BCUT2D eigenvalue weighted by atomic mass is 9.91. The van der Waals surface area contributed by atoms with Crippen LogP contribution >= 0.6 is 11.6 Å².